The Labute approximate surface area is 144 Å². The van der Waals surface area contributed by atoms with E-state index in [4.69, 9.17) is 11.6 Å². The van der Waals surface area contributed by atoms with Gasteiger partial charge in [0.1, 0.15) is 0 Å². The fourth-order valence-corrected chi connectivity index (χ4v) is 3.06. The van der Waals surface area contributed by atoms with Crippen molar-refractivity contribution in [3.63, 3.8) is 0 Å². The van der Waals surface area contributed by atoms with Gasteiger partial charge in [-0.1, -0.05) is 29.8 Å². The van der Waals surface area contributed by atoms with E-state index in [1.165, 1.54) is 4.88 Å². The molecule has 0 saturated heterocycles. The highest BCUT2D eigenvalue weighted by Crippen LogP contribution is 2.22. The van der Waals surface area contributed by atoms with Crippen molar-refractivity contribution in [2.24, 2.45) is 0 Å². The Kier molecular flexibility index (Phi) is 6.15. The van der Waals surface area contributed by atoms with Crippen molar-refractivity contribution in [1.82, 2.24) is 15.8 Å². The van der Waals surface area contributed by atoms with E-state index < -0.39 is 5.91 Å². The van der Waals surface area contributed by atoms with Gasteiger partial charge in [-0.15, -0.1) is 11.3 Å². The molecule has 1 aromatic carbocycles. The minimum atomic E-state index is -0.446. The predicted octanol–water partition coefficient (Wildman–Crippen LogP) is 2.86. The summed E-state index contributed by atoms with van der Waals surface area (Å²) in [6.07, 6.45) is 0. The summed E-state index contributed by atoms with van der Waals surface area (Å²) in [6, 6.07) is 10.8. The molecule has 5 nitrogen and oxygen atoms in total. The number of rotatable bonds is 5. The number of likely N-dealkylation sites (N-methyl/N-ethyl adjacent to an activating group) is 1. The van der Waals surface area contributed by atoms with Crippen LogP contribution in [0.25, 0.3) is 0 Å². The van der Waals surface area contributed by atoms with Crippen LogP contribution in [0, 0.1) is 0 Å². The van der Waals surface area contributed by atoms with E-state index in [1.807, 2.05) is 36.4 Å². The summed E-state index contributed by atoms with van der Waals surface area (Å²) in [6.45, 7) is 2.20. The molecule has 2 rings (SSSR count). The highest BCUT2D eigenvalue weighted by Gasteiger charge is 2.16. The molecule has 1 unspecified atom stereocenters. The zero-order valence-corrected chi connectivity index (χ0v) is 14.4. The summed E-state index contributed by atoms with van der Waals surface area (Å²) >= 11 is 7.58. The van der Waals surface area contributed by atoms with Crippen LogP contribution in [0.3, 0.4) is 0 Å². The first-order valence-electron chi connectivity index (χ1n) is 7.06. The maximum Gasteiger partial charge on any atom is 0.271 e. The maximum absolute atomic E-state index is 12.0. The third-order valence-corrected chi connectivity index (χ3v) is 4.82. The van der Waals surface area contributed by atoms with Gasteiger partial charge >= 0.3 is 0 Å². The van der Waals surface area contributed by atoms with Crippen LogP contribution in [-0.4, -0.2) is 30.3 Å². The van der Waals surface area contributed by atoms with Gasteiger partial charge in [-0.05, 0) is 37.6 Å². The van der Waals surface area contributed by atoms with Crippen molar-refractivity contribution in [3.05, 3.63) is 57.2 Å². The lowest BCUT2D eigenvalue weighted by molar-refractivity contribution is -0.123. The first-order chi connectivity index (χ1) is 11.0. The second kappa shape index (κ2) is 8.10. The molecule has 7 heteroatoms. The van der Waals surface area contributed by atoms with Gasteiger partial charge in [0.05, 0.1) is 17.1 Å². The summed E-state index contributed by atoms with van der Waals surface area (Å²) in [5, 5.41) is 2.34. The van der Waals surface area contributed by atoms with E-state index in [1.54, 1.807) is 35.6 Å². The fraction of sp³-hybridized carbons (Fsp3) is 0.250. The van der Waals surface area contributed by atoms with Crippen LogP contribution < -0.4 is 10.9 Å². The number of hydrogen-bond donors (Lipinski definition) is 2. The third-order valence-electron chi connectivity index (χ3n) is 3.44. The molecule has 2 aromatic rings. The summed E-state index contributed by atoms with van der Waals surface area (Å²) in [5.74, 6) is -0.741. The summed E-state index contributed by atoms with van der Waals surface area (Å²) in [7, 11) is 1.86. The van der Waals surface area contributed by atoms with Gasteiger partial charge in [-0.3, -0.25) is 25.3 Å². The molecule has 0 fully saturated rings. The molecule has 2 amide bonds. The van der Waals surface area contributed by atoms with Crippen LogP contribution >= 0.6 is 22.9 Å². The number of thiophene rings is 1. The number of hydrazine groups is 1. The Morgan fingerprint density at radius 1 is 1.22 bits per heavy atom. The number of nitrogens with zero attached hydrogens (tertiary/aromatic N) is 1. The first-order valence-corrected chi connectivity index (χ1v) is 8.32. The molecule has 1 aromatic heterocycles. The summed E-state index contributed by atoms with van der Waals surface area (Å²) in [4.78, 5) is 27.0. The molecule has 0 radical (unpaired) electrons. The molecule has 0 aliphatic heterocycles. The Hall–Kier alpha value is -1.89. The Balaban J connectivity index is 1.83. The van der Waals surface area contributed by atoms with Crippen molar-refractivity contribution in [3.8, 4) is 0 Å². The topological polar surface area (TPSA) is 61.4 Å². The van der Waals surface area contributed by atoms with Gasteiger partial charge < -0.3 is 0 Å². The Morgan fingerprint density at radius 2 is 1.96 bits per heavy atom. The molecule has 0 spiro atoms. The number of benzene rings is 1. The summed E-state index contributed by atoms with van der Waals surface area (Å²) < 4.78 is 0. The largest absolute Gasteiger partial charge is 0.290 e. The second-order valence-corrected chi connectivity index (χ2v) is 6.48. The van der Waals surface area contributed by atoms with E-state index >= 15 is 0 Å². The van der Waals surface area contributed by atoms with Crippen LogP contribution in [0.5, 0.6) is 0 Å². The quantitative estimate of drug-likeness (QED) is 0.814. The average molecular weight is 352 g/mol. The maximum atomic E-state index is 12.0. The van der Waals surface area contributed by atoms with Gasteiger partial charge in [0, 0.05) is 10.9 Å². The van der Waals surface area contributed by atoms with Gasteiger partial charge in [0.2, 0.25) is 0 Å². The number of hydrogen-bond acceptors (Lipinski definition) is 4. The monoisotopic (exact) mass is 351 g/mol. The molecule has 0 aliphatic carbocycles. The van der Waals surface area contributed by atoms with Crippen LogP contribution in [0.4, 0.5) is 0 Å². The zero-order valence-electron chi connectivity index (χ0n) is 12.9. The molecule has 0 bridgehead atoms. The van der Waals surface area contributed by atoms with Crippen LogP contribution in [0.2, 0.25) is 5.02 Å². The average Bonchev–Trinajstić information content (AvgIpc) is 3.06. The predicted molar refractivity (Wildman–Crippen MR) is 92.4 cm³/mol. The molecular weight excluding hydrogens is 334 g/mol. The lowest BCUT2D eigenvalue weighted by atomic mass is 10.2. The van der Waals surface area contributed by atoms with E-state index in [0.29, 0.717) is 10.6 Å². The molecule has 23 heavy (non-hydrogen) atoms. The van der Waals surface area contributed by atoms with Gasteiger partial charge in [0.25, 0.3) is 11.8 Å². The molecular formula is C16H18ClN3O2S. The zero-order chi connectivity index (χ0) is 16.8. The Morgan fingerprint density at radius 3 is 2.61 bits per heavy atom. The summed E-state index contributed by atoms with van der Waals surface area (Å²) in [5.41, 5.74) is 5.09. The van der Waals surface area contributed by atoms with Crippen molar-refractivity contribution in [1.29, 1.82) is 0 Å². The van der Waals surface area contributed by atoms with Crippen LogP contribution in [0.15, 0.2) is 41.8 Å². The van der Waals surface area contributed by atoms with E-state index in [9.17, 15) is 9.59 Å². The van der Waals surface area contributed by atoms with Crippen molar-refractivity contribution in [2.75, 3.05) is 13.6 Å². The molecule has 0 aliphatic rings. The number of halogens is 1. The number of nitrogens with one attached hydrogen (secondary N) is 2. The van der Waals surface area contributed by atoms with E-state index in [2.05, 4.69) is 10.9 Å². The van der Waals surface area contributed by atoms with Gasteiger partial charge in [-0.25, -0.2) is 0 Å². The van der Waals surface area contributed by atoms with Crippen LogP contribution in [0.1, 0.15) is 28.2 Å². The van der Waals surface area contributed by atoms with E-state index in [0.717, 1.165) is 0 Å². The minimum Gasteiger partial charge on any atom is -0.290 e. The minimum absolute atomic E-state index is 0.125. The van der Waals surface area contributed by atoms with Crippen LogP contribution in [-0.2, 0) is 4.79 Å². The van der Waals surface area contributed by atoms with Crippen molar-refractivity contribution in [2.45, 2.75) is 13.0 Å². The van der Waals surface area contributed by atoms with Crippen molar-refractivity contribution >= 4 is 34.8 Å². The van der Waals surface area contributed by atoms with Crippen molar-refractivity contribution < 1.29 is 9.59 Å². The first kappa shape index (κ1) is 17.5. The smallest absolute Gasteiger partial charge is 0.271 e. The second-order valence-electron chi connectivity index (χ2n) is 5.09. The third kappa shape index (κ3) is 4.79. The highest BCUT2D eigenvalue weighted by molar-refractivity contribution is 7.10. The molecule has 2 N–H and O–H groups in total. The van der Waals surface area contributed by atoms with Gasteiger partial charge in [-0.2, -0.15) is 0 Å². The highest BCUT2D eigenvalue weighted by atomic mass is 35.5. The lowest BCUT2D eigenvalue weighted by Crippen LogP contribution is -2.46. The number of carbonyl (C=O) groups is 2. The standard InChI is InChI=1S/C16H18ClN3O2S/c1-11(14-8-5-9-23-14)20(2)10-15(21)18-19-16(22)12-6-3-4-7-13(12)17/h3-9,11H,10H2,1-2H3,(H,18,21)(H,19,22). The van der Waals surface area contributed by atoms with Gasteiger partial charge in [0.15, 0.2) is 0 Å². The lowest BCUT2D eigenvalue weighted by Gasteiger charge is -2.23. The SMILES string of the molecule is CC(c1cccs1)N(C)CC(=O)NNC(=O)c1ccccc1Cl. The number of amides is 2. The Bertz CT molecular complexity index is 676. The molecule has 0 saturated carbocycles. The van der Waals surface area contributed by atoms with E-state index in [-0.39, 0.29) is 18.5 Å². The molecule has 1 atom stereocenters. The number of carbonyl (C=O) groups excluding carboxylic acids is 2. The molecule has 1 heterocycles. The fourth-order valence-electron chi connectivity index (χ4n) is 1.99. The molecule has 122 valence electrons. The normalized spacial score (nSPS) is 12.0.